The summed E-state index contributed by atoms with van der Waals surface area (Å²) < 4.78 is 5.46. The molecule has 6 heteroatoms. The molecule has 1 amide bonds. The fourth-order valence-electron chi connectivity index (χ4n) is 9.72. The minimum absolute atomic E-state index is 0.0190. The van der Waals surface area contributed by atoms with Gasteiger partial charge in [-0.1, -0.05) is 301 Å². The van der Waals surface area contributed by atoms with Gasteiger partial charge in [0.15, 0.2) is 0 Å². The van der Waals surface area contributed by atoms with E-state index in [2.05, 4.69) is 43.5 Å². The lowest BCUT2D eigenvalue weighted by molar-refractivity contribution is -0.143. The Morgan fingerprint density at radius 3 is 1.14 bits per heavy atom. The van der Waals surface area contributed by atoms with Crippen LogP contribution in [0, 0.1) is 0 Å². The van der Waals surface area contributed by atoms with Crippen molar-refractivity contribution in [1.29, 1.82) is 0 Å². The lowest BCUT2D eigenvalue weighted by atomic mass is 10.0. The van der Waals surface area contributed by atoms with Crippen molar-refractivity contribution >= 4 is 11.9 Å². The Hall–Kier alpha value is -1.66. The quantitative estimate of drug-likeness (QED) is 0.0321. The number of aliphatic hydroxyl groups excluding tert-OH is 2. The molecular formula is C63H121NO5. The number of carbonyl (C=O) groups excluding carboxylic acids is 2. The SMILES string of the molecule is CCCC/C=C\C/C=C\CCCCCCCC(=O)OCCCCCCCCCCCCCCCC(=O)NC(CO)C(O)CCCCCCCCCCCCCCCCCCCCCCCCCCC. The van der Waals surface area contributed by atoms with Crippen molar-refractivity contribution in [2.45, 2.75) is 353 Å². The highest BCUT2D eigenvalue weighted by Crippen LogP contribution is 2.18. The molecule has 0 spiro atoms. The zero-order valence-corrected chi connectivity index (χ0v) is 46.6. The topological polar surface area (TPSA) is 95.9 Å². The highest BCUT2D eigenvalue weighted by molar-refractivity contribution is 5.76. The number of hydrogen-bond acceptors (Lipinski definition) is 5. The maximum absolute atomic E-state index is 12.5. The summed E-state index contributed by atoms with van der Waals surface area (Å²) in [5, 5.41) is 23.4. The second-order valence-electron chi connectivity index (χ2n) is 21.4. The zero-order chi connectivity index (χ0) is 50.0. The van der Waals surface area contributed by atoms with E-state index in [4.69, 9.17) is 4.74 Å². The molecule has 69 heavy (non-hydrogen) atoms. The van der Waals surface area contributed by atoms with Crippen LogP contribution >= 0.6 is 0 Å². The number of esters is 1. The smallest absolute Gasteiger partial charge is 0.305 e. The van der Waals surface area contributed by atoms with E-state index >= 15 is 0 Å². The average Bonchev–Trinajstić information content (AvgIpc) is 3.35. The highest BCUT2D eigenvalue weighted by Gasteiger charge is 2.20. The average molecular weight is 973 g/mol. The minimum atomic E-state index is -0.675. The molecule has 6 nitrogen and oxygen atoms in total. The first-order valence-electron chi connectivity index (χ1n) is 31.1. The predicted octanol–water partition coefficient (Wildman–Crippen LogP) is 19.4. The summed E-state index contributed by atoms with van der Waals surface area (Å²) in [6.45, 7) is 4.90. The standard InChI is InChI=1S/C63H121NO5/c1-3-5-7-9-11-13-15-17-19-20-21-22-23-24-25-26-27-28-29-31-35-39-43-47-51-55-61(66)60(59-65)64-62(67)56-52-48-44-40-36-32-30-34-38-42-46-50-54-58-69-63(68)57-53-49-45-41-37-33-18-16-14-12-10-8-6-4-2/h10,12,16,18,60-61,65-66H,3-9,11,13-15,17,19-59H2,1-2H3,(H,64,67)/b12-10-,18-16-. The van der Waals surface area contributed by atoms with Gasteiger partial charge in [0.05, 0.1) is 25.4 Å². The molecule has 0 rings (SSSR count). The number of aliphatic hydroxyl groups is 2. The first kappa shape index (κ1) is 67.3. The summed E-state index contributed by atoms with van der Waals surface area (Å²) in [4.78, 5) is 24.6. The molecule has 0 aliphatic rings. The van der Waals surface area contributed by atoms with Gasteiger partial charge in [0, 0.05) is 12.8 Å². The van der Waals surface area contributed by atoms with Crippen LogP contribution in [0.15, 0.2) is 24.3 Å². The fourth-order valence-corrected chi connectivity index (χ4v) is 9.72. The van der Waals surface area contributed by atoms with Crippen LogP contribution < -0.4 is 5.32 Å². The predicted molar refractivity (Wildman–Crippen MR) is 301 cm³/mol. The summed E-state index contributed by atoms with van der Waals surface area (Å²) in [6.07, 6.45) is 71.8. The Balaban J connectivity index is 3.44. The lowest BCUT2D eigenvalue weighted by Gasteiger charge is -2.22. The van der Waals surface area contributed by atoms with E-state index < -0.39 is 12.1 Å². The van der Waals surface area contributed by atoms with Crippen LogP contribution in [-0.2, 0) is 14.3 Å². The molecular weight excluding hydrogens is 851 g/mol. The molecule has 2 atom stereocenters. The minimum Gasteiger partial charge on any atom is -0.466 e. The molecule has 0 aromatic rings. The second-order valence-corrected chi connectivity index (χ2v) is 21.4. The summed E-state index contributed by atoms with van der Waals surface area (Å²) >= 11 is 0. The largest absolute Gasteiger partial charge is 0.466 e. The van der Waals surface area contributed by atoms with E-state index in [1.54, 1.807) is 0 Å². The number of amides is 1. The molecule has 0 aromatic carbocycles. The second kappa shape index (κ2) is 58.9. The van der Waals surface area contributed by atoms with E-state index in [0.717, 1.165) is 57.8 Å². The van der Waals surface area contributed by atoms with Gasteiger partial charge in [0.25, 0.3) is 0 Å². The Bertz CT molecular complexity index is 1080. The molecule has 0 aromatic heterocycles. The Morgan fingerprint density at radius 2 is 0.739 bits per heavy atom. The van der Waals surface area contributed by atoms with Crippen LogP contribution in [0.1, 0.15) is 341 Å². The third-order valence-corrected chi connectivity index (χ3v) is 14.5. The van der Waals surface area contributed by atoms with Gasteiger partial charge in [-0.25, -0.2) is 0 Å². The van der Waals surface area contributed by atoms with Gasteiger partial charge in [-0.05, 0) is 51.4 Å². The Kier molecular flexibility index (Phi) is 57.5. The molecule has 0 aliphatic carbocycles. The highest BCUT2D eigenvalue weighted by atomic mass is 16.5. The summed E-state index contributed by atoms with van der Waals surface area (Å²) in [5.41, 5.74) is 0. The Morgan fingerprint density at radius 1 is 0.406 bits per heavy atom. The van der Waals surface area contributed by atoms with Crippen LogP contribution in [0.4, 0.5) is 0 Å². The number of ether oxygens (including phenoxy) is 1. The summed E-state index contributed by atoms with van der Waals surface area (Å²) in [7, 11) is 0. The van der Waals surface area contributed by atoms with Gasteiger partial charge in [-0.2, -0.15) is 0 Å². The third-order valence-electron chi connectivity index (χ3n) is 14.5. The van der Waals surface area contributed by atoms with Crippen LogP contribution in [0.5, 0.6) is 0 Å². The number of hydrogen-bond donors (Lipinski definition) is 3. The fraction of sp³-hybridized carbons (Fsp3) is 0.905. The van der Waals surface area contributed by atoms with Gasteiger partial charge in [0.2, 0.25) is 5.91 Å². The van der Waals surface area contributed by atoms with Gasteiger partial charge >= 0.3 is 5.97 Å². The van der Waals surface area contributed by atoms with Gasteiger partial charge < -0.3 is 20.3 Å². The van der Waals surface area contributed by atoms with Gasteiger partial charge in [0.1, 0.15) is 0 Å². The van der Waals surface area contributed by atoms with Crippen LogP contribution in [0.25, 0.3) is 0 Å². The van der Waals surface area contributed by atoms with Crippen molar-refractivity contribution in [2.24, 2.45) is 0 Å². The number of carbonyl (C=O) groups is 2. The van der Waals surface area contributed by atoms with E-state index in [9.17, 15) is 19.8 Å². The first-order valence-corrected chi connectivity index (χ1v) is 31.1. The van der Waals surface area contributed by atoms with E-state index in [1.807, 2.05) is 0 Å². The number of rotatable bonds is 58. The summed E-state index contributed by atoms with van der Waals surface area (Å²) in [5.74, 6) is -0.0639. The molecule has 0 aliphatic heterocycles. The summed E-state index contributed by atoms with van der Waals surface area (Å²) in [6, 6.07) is -0.553. The normalized spacial score (nSPS) is 12.7. The molecule has 408 valence electrons. The van der Waals surface area contributed by atoms with Crippen molar-refractivity contribution < 1.29 is 24.5 Å². The van der Waals surface area contributed by atoms with Crippen molar-refractivity contribution in [3.05, 3.63) is 24.3 Å². The maximum atomic E-state index is 12.5. The number of allylic oxidation sites excluding steroid dienone is 4. The van der Waals surface area contributed by atoms with Crippen LogP contribution in [0.2, 0.25) is 0 Å². The molecule has 0 heterocycles. The number of unbranched alkanes of at least 4 members (excludes halogenated alkanes) is 43. The molecule has 2 unspecified atom stereocenters. The van der Waals surface area contributed by atoms with Crippen LogP contribution in [0.3, 0.4) is 0 Å². The van der Waals surface area contributed by atoms with E-state index in [1.165, 1.54) is 250 Å². The van der Waals surface area contributed by atoms with Crippen LogP contribution in [-0.4, -0.2) is 47.4 Å². The third kappa shape index (κ3) is 55.5. The van der Waals surface area contributed by atoms with Crippen molar-refractivity contribution in [3.63, 3.8) is 0 Å². The Labute approximate surface area is 431 Å². The molecule has 0 bridgehead atoms. The van der Waals surface area contributed by atoms with Gasteiger partial charge in [-0.3, -0.25) is 9.59 Å². The molecule has 0 radical (unpaired) electrons. The van der Waals surface area contributed by atoms with Crippen molar-refractivity contribution in [1.82, 2.24) is 5.32 Å². The molecule has 0 fully saturated rings. The molecule has 0 saturated carbocycles. The lowest BCUT2D eigenvalue weighted by Crippen LogP contribution is -2.45. The monoisotopic (exact) mass is 972 g/mol. The first-order chi connectivity index (χ1) is 34.0. The van der Waals surface area contributed by atoms with E-state index in [-0.39, 0.29) is 18.5 Å². The van der Waals surface area contributed by atoms with Gasteiger partial charge in [-0.15, -0.1) is 0 Å². The molecule has 0 saturated heterocycles. The number of nitrogens with one attached hydrogen (secondary N) is 1. The zero-order valence-electron chi connectivity index (χ0n) is 46.6. The van der Waals surface area contributed by atoms with Crippen molar-refractivity contribution in [2.75, 3.05) is 13.2 Å². The maximum Gasteiger partial charge on any atom is 0.305 e. The van der Waals surface area contributed by atoms with E-state index in [0.29, 0.717) is 25.9 Å². The van der Waals surface area contributed by atoms with Crippen molar-refractivity contribution in [3.8, 4) is 0 Å². The molecule has 3 N–H and O–H groups in total.